The van der Waals surface area contributed by atoms with E-state index in [0.29, 0.717) is 33.4 Å². The molecule has 6 nitrogen and oxygen atoms in total. The van der Waals surface area contributed by atoms with Crippen molar-refractivity contribution in [3.05, 3.63) is 75.7 Å². The molecule has 0 fully saturated rings. The van der Waals surface area contributed by atoms with Gasteiger partial charge in [-0.3, -0.25) is 14.9 Å². The summed E-state index contributed by atoms with van der Waals surface area (Å²) in [6, 6.07) is 16.9. The normalized spacial score (nSPS) is 11.7. The van der Waals surface area contributed by atoms with E-state index in [1.165, 1.54) is 16.0 Å². The molecule has 132 valence electrons. The third-order valence-corrected chi connectivity index (χ3v) is 5.24. The molecule has 0 saturated heterocycles. The Kier molecular flexibility index (Phi) is 4.18. The van der Waals surface area contributed by atoms with Crippen molar-refractivity contribution in [3.63, 3.8) is 0 Å². The van der Waals surface area contributed by atoms with Crippen molar-refractivity contribution >= 4 is 33.0 Å². The van der Waals surface area contributed by atoms with Crippen LogP contribution in [0.15, 0.2) is 58.3 Å². The van der Waals surface area contributed by atoms with Gasteiger partial charge in [-0.15, -0.1) is 0 Å². The highest BCUT2D eigenvalue weighted by Crippen LogP contribution is 2.24. The quantitative estimate of drug-likeness (QED) is 0.549. The minimum Gasteiger partial charge on any atom is -0.293 e. The number of nitrogens with zero attached hydrogens (tertiary/aromatic N) is 4. The maximum absolute atomic E-state index is 13.0. The van der Waals surface area contributed by atoms with E-state index in [-0.39, 0.29) is 5.56 Å². The number of H-pyrrole nitrogens is 1. The van der Waals surface area contributed by atoms with Crippen LogP contribution < -0.4 is 5.56 Å². The zero-order valence-electron chi connectivity index (χ0n) is 14.7. The van der Waals surface area contributed by atoms with E-state index in [9.17, 15) is 10.1 Å². The van der Waals surface area contributed by atoms with Gasteiger partial charge in [0.15, 0.2) is 0 Å². The molecule has 2 heterocycles. The Morgan fingerprint density at radius 2 is 1.96 bits per heavy atom. The Labute approximate surface area is 159 Å². The second kappa shape index (κ2) is 6.67. The molecule has 0 aliphatic heterocycles. The number of para-hydroxylation sites is 2. The van der Waals surface area contributed by atoms with Gasteiger partial charge in [-0.25, -0.2) is 4.98 Å². The number of nitriles is 1. The number of nitrogens with one attached hydrogen (secondary N) is 1. The number of fused-ring (bicyclic) bond motifs is 1. The van der Waals surface area contributed by atoms with Crippen molar-refractivity contribution in [2.24, 2.45) is 4.99 Å². The number of aryl methyl sites for hydroxylation is 1. The van der Waals surface area contributed by atoms with Gasteiger partial charge in [0.05, 0.1) is 32.7 Å². The molecule has 4 aromatic rings. The number of aromatic amines is 1. The van der Waals surface area contributed by atoms with Gasteiger partial charge < -0.3 is 0 Å². The summed E-state index contributed by atoms with van der Waals surface area (Å²) in [4.78, 5) is 22.1. The number of benzene rings is 2. The Bertz CT molecular complexity index is 1250. The fourth-order valence-electron chi connectivity index (χ4n) is 2.97. The van der Waals surface area contributed by atoms with Crippen LogP contribution in [0.3, 0.4) is 0 Å². The number of hydrogen-bond donors (Lipinski definition) is 1. The monoisotopic (exact) mass is 373 g/mol. The highest BCUT2D eigenvalue weighted by molar-refractivity contribution is 7.20. The van der Waals surface area contributed by atoms with Crippen LogP contribution in [-0.4, -0.2) is 20.5 Å². The van der Waals surface area contributed by atoms with E-state index < -0.39 is 0 Å². The molecule has 7 heteroatoms. The van der Waals surface area contributed by atoms with Crippen LogP contribution in [0.5, 0.6) is 0 Å². The second-order valence-electron chi connectivity index (χ2n) is 6.04. The minimum absolute atomic E-state index is 0.206. The van der Waals surface area contributed by atoms with Crippen molar-refractivity contribution in [2.75, 3.05) is 0 Å². The third kappa shape index (κ3) is 2.96. The lowest BCUT2D eigenvalue weighted by Gasteiger charge is -2.00. The van der Waals surface area contributed by atoms with Crippen molar-refractivity contribution in [1.82, 2.24) is 14.8 Å². The molecule has 0 amide bonds. The smallest absolute Gasteiger partial charge is 0.282 e. The van der Waals surface area contributed by atoms with Gasteiger partial charge in [-0.1, -0.05) is 35.6 Å². The number of aromatic nitrogens is 3. The van der Waals surface area contributed by atoms with Gasteiger partial charge in [0, 0.05) is 5.69 Å². The second-order valence-corrected chi connectivity index (χ2v) is 7.05. The first-order valence-corrected chi connectivity index (χ1v) is 9.12. The molecule has 0 saturated carbocycles. The average molecular weight is 373 g/mol. The van der Waals surface area contributed by atoms with Crippen LogP contribution >= 0.6 is 11.3 Å². The van der Waals surface area contributed by atoms with Crippen molar-refractivity contribution in [1.29, 1.82) is 5.26 Å². The molecule has 1 N–H and O–H groups in total. The minimum atomic E-state index is -0.206. The van der Waals surface area contributed by atoms with E-state index in [1.807, 2.05) is 37.3 Å². The molecule has 0 unspecified atom stereocenters. The van der Waals surface area contributed by atoms with Gasteiger partial charge in [-0.05, 0) is 38.1 Å². The average Bonchev–Trinajstić information content (AvgIpc) is 3.22. The first-order chi connectivity index (χ1) is 13.1. The summed E-state index contributed by atoms with van der Waals surface area (Å²) in [6.45, 7) is 3.60. The predicted molar refractivity (Wildman–Crippen MR) is 107 cm³/mol. The molecule has 0 spiro atoms. The molecule has 0 aliphatic rings. The lowest BCUT2D eigenvalue weighted by atomic mass is 10.1. The van der Waals surface area contributed by atoms with Crippen molar-refractivity contribution < 1.29 is 0 Å². The maximum atomic E-state index is 13.0. The molecular formula is C20H15N5OS. The van der Waals surface area contributed by atoms with E-state index in [2.05, 4.69) is 21.1 Å². The van der Waals surface area contributed by atoms with Crippen molar-refractivity contribution in [2.45, 2.75) is 13.8 Å². The van der Waals surface area contributed by atoms with Gasteiger partial charge >= 0.3 is 0 Å². The molecule has 0 aliphatic carbocycles. The molecule has 0 atom stereocenters. The molecule has 4 rings (SSSR count). The number of hydrogen-bond acceptors (Lipinski definition) is 5. The van der Waals surface area contributed by atoms with E-state index in [0.717, 1.165) is 10.2 Å². The SMILES string of the molecule is CC(=Nc1ccccc1C#N)c1c(C)[nH]n(-c2nc3ccccc3s2)c1=O. The summed E-state index contributed by atoms with van der Waals surface area (Å²) in [5.41, 5.74) is 3.41. The van der Waals surface area contributed by atoms with Gasteiger partial charge in [0.1, 0.15) is 6.07 Å². The van der Waals surface area contributed by atoms with Gasteiger partial charge in [0.25, 0.3) is 5.56 Å². The lowest BCUT2D eigenvalue weighted by Crippen LogP contribution is -2.19. The summed E-state index contributed by atoms with van der Waals surface area (Å²) < 4.78 is 2.46. The van der Waals surface area contributed by atoms with Crippen LogP contribution in [-0.2, 0) is 0 Å². The highest BCUT2D eigenvalue weighted by Gasteiger charge is 2.17. The summed E-state index contributed by atoms with van der Waals surface area (Å²) in [5, 5.41) is 12.9. The predicted octanol–water partition coefficient (Wildman–Crippen LogP) is 4.10. The van der Waals surface area contributed by atoms with Crippen molar-refractivity contribution in [3.8, 4) is 11.2 Å². The number of thiazole rings is 1. The molecule has 0 bridgehead atoms. The van der Waals surface area contributed by atoms with E-state index in [1.54, 1.807) is 25.1 Å². The zero-order valence-corrected chi connectivity index (χ0v) is 15.5. The topological polar surface area (TPSA) is 86.8 Å². The summed E-state index contributed by atoms with van der Waals surface area (Å²) in [7, 11) is 0. The highest BCUT2D eigenvalue weighted by atomic mass is 32.1. The Morgan fingerprint density at radius 1 is 1.22 bits per heavy atom. The fourth-order valence-corrected chi connectivity index (χ4v) is 3.89. The standard InChI is InChI=1S/C20H15N5OS/c1-12(22-15-8-4-3-7-14(15)11-21)18-13(2)24-25(19(18)26)20-23-16-9-5-6-10-17(16)27-20/h3-10,24H,1-2H3. The Morgan fingerprint density at radius 3 is 2.74 bits per heavy atom. The van der Waals surface area contributed by atoms with Crippen LogP contribution in [0.4, 0.5) is 5.69 Å². The number of aliphatic imine (C=N–C) groups is 1. The summed E-state index contributed by atoms with van der Waals surface area (Å²) in [5.74, 6) is 0. The molecule has 27 heavy (non-hydrogen) atoms. The van der Waals surface area contributed by atoms with Gasteiger partial charge in [0.2, 0.25) is 5.13 Å². The third-order valence-electron chi connectivity index (χ3n) is 4.22. The van der Waals surface area contributed by atoms with Gasteiger partial charge in [-0.2, -0.15) is 9.94 Å². The van der Waals surface area contributed by atoms with Crippen LogP contribution in [0.1, 0.15) is 23.7 Å². The lowest BCUT2D eigenvalue weighted by molar-refractivity contribution is 0.829. The molecular weight excluding hydrogens is 358 g/mol. The van der Waals surface area contributed by atoms with Crippen LogP contribution in [0.2, 0.25) is 0 Å². The maximum Gasteiger partial charge on any atom is 0.282 e. The fraction of sp³-hybridized carbons (Fsp3) is 0.100. The van der Waals surface area contributed by atoms with E-state index >= 15 is 0 Å². The zero-order chi connectivity index (χ0) is 19.0. The Balaban J connectivity index is 1.82. The molecule has 2 aromatic carbocycles. The van der Waals surface area contributed by atoms with E-state index in [4.69, 9.17) is 0 Å². The first kappa shape index (κ1) is 16.9. The van der Waals surface area contributed by atoms with Crippen LogP contribution in [0.25, 0.3) is 15.3 Å². The first-order valence-electron chi connectivity index (χ1n) is 8.31. The largest absolute Gasteiger partial charge is 0.293 e. The summed E-state index contributed by atoms with van der Waals surface area (Å²) in [6.07, 6.45) is 0. The Hall–Kier alpha value is -3.50. The molecule has 0 radical (unpaired) electrons. The summed E-state index contributed by atoms with van der Waals surface area (Å²) >= 11 is 1.45. The van der Waals surface area contributed by atoms with Crippen LogP contribution in [0, 0.1) is 18.3 Å². The molecule has 2 aromatic heterocycles. The number of rotatable bonds is 3.